The van der Waals surface area contributed by atoms with Gasteiger partial charge in [-0.25, -0.2) is 13.6 Å². The van der Waals surface area contributed by atoms with Crippen LogP contribution in [0.2, 0.25) is 0 Å². The highest BCUT2D eigenvalue weighted by atomic mass is 32.2. The molecule has 1 aromatic carbocycles. The zero-order chi connectivity index (χ0) is 27.6. The van der Waals surface area contributed by atoms with Gasteiger partial charge >= 0.3 is 47.7 Å². The van der Waals surface area contributed by atoms with Gasteiger partial charge < -0.3 is 9.47 Å². The fourth-order valence-electron chi connectivity index (χ4n) is 2.10. The first-order valence-corrected chi connectivity index (χ1v) is 9.68. The van der Waals surface area contributed by atoms with Crippen LogP contribution in [0.1, 0.15) is 0 Å². The number of esters is 1. The van der Waals surface area contributed by atoms with Gasteiger partial charge in [0.2, 0.25) is 0 Å². The molecule has 0 radical (unpaired) electrons. The lowest BCUT2D eigenvalue weighted by molar-refractivity contribution is -0.414. The van der Waals surface area contributed by atoms with E-state index in [2.05, 4.69) is 9.47 Å². The summed E-state index contributed by atoms with van der Waals surface area (Å²) in [6, 6.07) is 3.13. The topological polar surface area (TPSA) is 78.7 Å². The zero-order valence-electron chi connectivity index (χ0n) is 16.7. The number of halogens is 12. The van der Waals surface area contributed by atoms with E-state index in [0.29, 0.717) is 4.90 Å². The molecule has 0 bridgehead atoms. The number of nitro groups is 1. The average Bonchev–Trinajstić information content (AvgIpc) is 2.75. The molecule has 6 nitrogen and oxygen atoms in total. The molecule has 19 heteroatoms. The maximum Gasteiger partial charge on any atom is 0.384 e. The summed E-state index contributed by atoms with van der Waals surface area (Å²) in [5, 5.41) is 11.0. The van der Waals surface area contributed by atoms with E-state index in [0.717, 1.165) is 23.9 Å². The van der Waals surface area contributed by atoms with Crippen molar-refractivity contribution in [3.63, 3.8) is 0 Å². The molecular formula is C16H11F12NO5S. The Morgan fingerprint density at radius 3 is 2.00 bits per heavy atom. The summed E-state index contributed by atoms with van der Waals surface area (Å²) < 4.78 is 165. The summed E-state index contributed by atoms with van der Waals surface area (Å²) in [6.07, 6.45) is -4.11. The van der Waals surface area contributed by atoms with Crippen LogP contribution < -0.4 is 4.74 Å². The van der Waals surface area contributed by atoms with Crippen LogP contribution in [0.3, 0.4) is 0 Å². The van der Waals surface area contributed by atoms with Crippen LogP contribution in [-0.2, 0) is 9.53 Å². The largest absolute Gasteiger partial charge is 0.475 e. The van der Waals surface area contributed by atoms with E-state index in [1.54, 1.807) is 0 Å². The second kappa shape index (κ2) is 10.2. The molecule has 0 saturated heterocycles. The van der Waals surface area contributed by atoms with Gasteiger partial charge in [0.05, 0.1) is 4.92 Å². The Morgan fingerprint density at radius 2 is 1.54 bits per heavy atom. The van der Waals surface area contributed by atoms with E-state index in [9.17, 15) is 67.6 Å². The van der Waals surface area contributed by atoms with E-state index in [4.69, 9.17) is 0 Å². The van der Waals surface area contributed by atoms with Gasteiger partial charge in [0.15, 0.2) is 19.0 Å². The Morgan fingerprint density at radius 1 is 1.00 bits per heavy atom. The van der Waals surface area contributed by atoms with Crippen LogP contribution >= 0.6 is 11.8 Å². The van der Waals surface area contributed by atoms with Gasteiger partial charge in [0.1, 0.15) is 0 Å². The number of nitro benzene ring substituents is 1. The highest BCUT2D eigenvalue weighted by Gasteiger charge is 2.87. The number of benzene rings is 1. The summed E-state index contributed by atoms with van der Waals surface area (Å²) in [6.45, 7) is -4.63. The molecule has 1 aromatic rings. The third-order valence-electron chi connectivity index (χ3n) is 4.06. The van der Waals surface area contributed by atoms with Gasteiger partial charge in [0.25, 0.3) is 0 Å². The Bertz CT molecular complexity index is 944. The van der Waals surface area contributed by atoms with Crippen molar-refractivity contribution in [1.29, 1.82) is 0 Å². The third-order valence-corrected chi connectivity index (χ3v) is 4.79. The van der Waals surface area contributed by atoms with Crippen molar-refractivity contribution < 1.29 is 71.9 Å². The molecule has 0 amide bonds. The van der Waals surface area contributed by atoms with Crippen LogP contribution in [0.25, 0.3) is 0 Å². The molecule has 0 spiro atoms. The first-order chi connectivity index (χ1) is 15.7. The van der Waals surface area contributed by atoms with Gasteiger partial charge in [-0.3, -0.25) is 10.1 Å². The quantitative estimate of drug-likeness (QED) is 0.108. The molecule has 0 aromatic heterocycles. The van der Waals surface area contributed by atoms with Gasteiger partial charge in [-0.2, -0.15) is 43.9 Å². The highest BCUT2D eigenvalue weighted by molar-refractivity contribution is 7.98. The molecule has 200 valence electrons. The van der Waals surface area contributed by atoms with Crippen molar-refractivity contribution in [3.8, 4) is 5.75 Å². The maximum atomic E-state index is 13.6. The van der Waals surface area contributed by atoms with E-state index in [-0.39, 0.29) is 0 Å². The Kier molecular flexibility index (Phi) is 8.85. The van der Waals surface area contributed by atoms with Gasteiger partial charge in [0, 0.05) is 11.0 Å². The molecular weight excluding hydrogens is 546 g/mol. The predicted molar refractivity (Wildman–Crippen MR) is 92.1 cm³/mol. The molecule has 0 fully saturated rings. The van der Waals surface area contributed by atoms with E-state index >= 15 is 0 Å². The predicted octanol–water partition coefficient (Wildman–Crippen LogP) is 5.68. The minimum Gasteiger partial charge on any atom is -0.475 e. The zero-order valence-corrected chi connectivity index (χ0v) is 17.5. The molecule has 0 atom stereocenters. The molecule has 0 unspecified atom stereocenters. The first-order valence-electron chi connectivity index (χ1n) is 8.45. The summed E-state index contributed by atoms with van der Waals surface area (Å²) in [7, 11) is 0. The SMILES string of the molecule is CSc1ccc(OCC(=O)OCC(F)(F)C(F)(F)C(F)(F)C(F)(F)C(F)(F)C(F)F)c([N+](=O)[O-])c1. The van der Waals surface area contributed by atoms with Crippen LogP contribution in [0, 0.1) is 10.1 Å². The van der Waals surface area contributed by atoms with Crippen molar-refractivity contribution in [1.82, 2.24) is 0 Å². The monoisotopic (exact) mass is 557 g/mol. The van der Waals surface area contributed by atoms with E-state index in [1.807, 2.05) is 0 Å². The van der Waals surface area contributed by atoms with Crippen molar-refractivity contribution >= 4 is 23.4 Å². The van der Waals surface area contributed by atoms with Crippen LogP contribution in [0.4, 0.5) is 58.4 Å². The lowest BCUT2D eigenvalue weighted by Crippen LogP contribution is -2.69. The van der Waals surface area contributed by atoms with Crippen LogP contribution in [-0.4, -0.2) is 66.4 Å². The van der Waals surface area contributed by atoms with Crippen LogP contribution in [0.15, 0.2) is 23.1 Å². The fraction of sp³-hybridized carbons (Fsp3) is 0.562. The number of alkyl halides is 12. The lowest BCUT2D eigenvalue weighted by atomic mass is 9.94. The van der Waals surface area contributed by atoms with Crippen LogP contribution in [0.5, 0.6) is 5.75 Å². The normalized spacial score (nSPS) is 13.7. The summed E-state index contributed by atoms with van der Waals surface area (Å²) in [5.74, 6) is -39.2. The summed E-state index contributed by atoms with van der Waals surface area (Å²) in [5.41, 5.74) is -0.747. The summed E-state index contributed by atoms with van der Waals surface area (Å²) in [4.78, 5) is 21.8. The first kappa shape index (κ1) is 30.4. The minimum absolute atomic E-state index is 0.337. The second-order valence-corrected chi connectivity index (χ2v) is 7.27. The van der Waals surface area contributed by atoms with Crippen molar-refractivity contribution in [2.24, 2.45) is 0 Å². The smallest absolute Gasteiger partial charge is 0.384 e. The lowest BCUT2D eigenvalue weighted by Gasteiger charge is -2.38. The Balaban J connectivity index is 2.99. The molecule has 1 rings (SSSR count). The molecule has 0 N–H and O–H groups in total. The maximum absolute atomic E-state index is 13.6. The van der Waals surface area contributed by atoms with Gasteiger partial charge in [-0.15, -0.1) is 11.8 Å². The molecule has 0 aliphatic rings. The molecule has 0 aliphatic carbocycles. The van der Waals surface area contributed by atoms with Crippen molar-refractivity contribution in [3.05, 3.63) is 28.3 Å². The molecule has 35 heavy (non-hydrogen) atoms. The number of nitrogens with zero attached hydrogens (tertiary/aromatic N) is 1. The number of carbonyl (C=O) groups excluding carboxylic acids is 1. The third kappa shape index (κ3) is 5.64. The number of ether oxygens (including phenoxy) is 2. The Labute approximate surface area is 190 Å². The average molecular weight is 557 g/mol. The number of carbonyl (C=O) groups is 1. The second-order valence-electron chi connectivity index (χ2n) is 6.39. The number of thioether (sulfide) groups is 1. The minimum atomic E-state index is -7.76. The summed E-state index contributed by atoms with van der Waals surface area (Å²) >= 11 is 1.04. The van der Waals surface area contributed by atoms with E-state index < -0.39 is 71.6 Å². The molecule has 0 aliphatic heterocycles. The molecule has 0 saturated carbocycles. The van der Waals surface area contributed by atoms with Crippen molar-refractivity contribution in [2.45, 2.75) is 40.9 Å². The fourth-order valence-corrected chi connectivity index (χ4v) is 2.54. The number of rotatable bonds is 12. The van der Waals surface area contributed by atoms with E-state index in [1.165, 1.54) is 12.3 Å². The standard InChI is InChI=1S/C16H11F12NO5S/c1-35-7-2-3-9(8(4-7)29(31)32)33-5-10(30)34-6-12(19,20)14(23,24)16(27,28)15(25,26)13(21,22)11(17)18/h2-4,11H,5-6H2,1H3. The number of hydrogen-bond acceptors (Lipinski definition) is 6. The number of hydrogen-bond donors (Lipinski definition) is 0. The van der Waals surface area contributed by atoms with Crippen molar-refractivity contribution in [2.75, 3.05) is 19.5 Å². The van der Waals surface area contributed by atoms with Gasteiger partial charge in [-0.05, 0) is 18.4 Å². The molecule has 0 heterocycles. The van der Waals surface area contributed by atoms with Gasteiger partial charge in [-0.1, -0.05) is 0 Å². The Hall–Kier alpha value is -2.60. The highest BCUT2D eigenvalue weighted by Crippen LogP contribution is 2.58.